The lowest BCUT2D eigenvalue weighted by Crippen LogP contribution is -2.22. The molecular formula is C22H17ClN6OS. The summed E-state index contributed by atoms with van der Waals surface area (Å²) in [4.78, 5) is 30.4. The molecule has 6 rings (SSSR count). The molecule has 1 aliphatic rings. The minimum absolute atomic E-state index is 0.0739. The Bertz CT molecular complexity index is 1470. The summed E-state index contributed by atoms with van der Waals surface area (Å²) in [6.45, 7) is 0. The molecule has 4 heterocycles. The molecule has 1 aromatic carbocycles. The van der Waals surface area contributed by atoms with E-state index in [0.717, 1.165) is 34.3 Å². The van der Waals surface area contributed by atoms with Crippen LogP contribution in [-0.2, 0) is 0 Å². The highest BCUT2D eigenvalue weighted by Crippen LogP contribution is 2.45. The van der Waals surface area contributed by atoms with E-state index in [2.05, 4.69) is 31.3 Å². The van der Waals surface area contributed by atoms with Gasteiger partial charge in [-0.2, -0.15) is 0 Å². The maximum Gasteiger partial charge on any atom is 0.265 e. The van der Waals surface area contributed by atoms with Crippen LogP contribution in [0.5, 0.6) is 0 Å². The number of anilines is 1. The van der Waals surface area contributed by atoms with Crippen molar-refractivity contribution in [1.82, 2.24) is 24.3 Å². The molecule has 0 spiro atoms. The van der Waals surface area contributed by atoms with Crippen LogP contribution in [-0.4, -0.2) is 24.3 Å². The second kappa shape index (κ2) is 7.18. The summed E-state index contributed by atoms with van der Waals surface area (Å²) in [5, 5.41) is 5.83. The molecule has 0 bridgehead atoms. The molecule has 0 aliphatic heterocycles. The molecule has 154 valence electrons. The van der Waals surface area contributed by atoms with Gasteiger partial charge in [0.25, 0.3) is 5.56 Å². The van der Waals surface area contributed by atoms with E-state index < -0.39 is 0 Å². The van der Waals surface area contributed by atoms with Gasteiger partial charge < -0.3 is 10.3 Å². The Balaban J connectivity index is 1.58. The van der Waals surface area contributed by atoms with Gasteiger partial charge in [0.2, 0.25) is 0 Å². The number of aromatic amines is 1. The van der Waals surface area contributed by atoms with Crippen molar-refractivity contribution in [3.63, 3.8) is 0 Å². The Morgan fingerprint density at radius 3 is 2.84 bits per heavy atom. The fourth-order valence-corrected chi connectivity index (χ4v) is 5.25. The first-order valence-corrected chi connectivity index (χ1v) is 11.2. The third-order valence-electron chi connectivity index (χ3n) is 5.70. The maximum absolute atomic E-state index is 13.6. The van der Waals surface area contributed by atoms with Crippen LogP contribution in [0.4, 0.5) is 5.82 Å². The van der Waals surface area contributed by atoms with Gasteiger partial charge in [0, 0.05) is 5.38 Å². The van der Waals surface area contributed by atoms with Crippen molar-refractivity contribution in [3.05, 3.63) is 75.5 Å². The Hall–Kier alpha value is -3.23. The Morgan fingerprint density at radius 2 is 2.03 bits per heavy atom. The van der Waals surface area contributed by atoms with Gasteiger partial charge in [-0.1, -0.05) is 41.9 Å². The molecule has 0 radical (unpaired) electrons. The van der Waals surface area contributed by atoms with Crippen molar-refractivity contribution < 1.29 is 0 Å². The number of benzene rings is 1. The average Bonchev–Trinajstić information content (AvgIpc) is 3.38. The molecule has 2 N–H and O–H groups in total. The summed E-state index contributed by atoms with van der Waals surface area (Å²) in [6, 6.07) is 11.8. The van der Waals surface area contributed by atoms with Gasteiger partial charge in [-0.25, -0.2) is 15.0 Å². The van der Waals surface area contributed by atoms with Gasteiger partial charge in [0.1, 0.15) is 21.8 Å². The highest BCUT2D eigenvalue weighted by molar-refractivity contribution is 7.16. The maximum atomic E-state index is 13.6. The van der Waals surface area contributed by atoms with Gasteiger partial charge in [0.05, 0.1) is 17.9 Å². The molecule has 9 heteroatoms. The molecule has 1 atom stereocenters. The summed E-state index contributed by atoms with van der Waals surface area (Å²) >= 11 is 7.82. The number of fused-ring (bicyclic) bond motifs is 2. The monoisotopic (exact) mass is 448 g/mol. The van der Waals surface area contributed by atoms with E-state index >= 15 is 0 Å². The fraction of sp³-hybridized carbons (Fsp3) is 0.182. The van der Waals surface area contributed by atoms with Crippen LogP contribution in [0, 0.1) is 5.92 Å². The van der Waals surface area contributed by atoms with Crippen molar-refractivity contribution >= 4 is 44.7 Å². The third kappa shape index (κ3) is 3.10. The Morgan fingerprint density at radius 1 is 1.19 bits per heavy atom. The van der Waals surface area contributed by atoms with Gasteiger partial charge in [0.15, 0.2) is 11.5 Å². The number of hydrogen-bond donors (Lipinski definition) is 2. The lowest BCUT2D eigenvalue weighted by atomic mass is 9.93. The van der Waals surface area contributed by atoms with E-state index in [1.165, 1.54) is 17.7 Å². The third-order valence-corrected chi connectivity index (χ3v) is 6.99. The molecule has 5 aromatic rings. The zero-order valence-corrected chi connectivity index (χ0v) is 17.8. The molecular weight excluding hydrogens is 432 g/mol. The number of rotatable bonds is 5. The second-order valence-electron chi connectivity index (χ2n) is 7.66. The van der Waals surface area contributed by atoms with Gasteiger partial charge >= 0.3 is 0 Å². The number of nitrogens with zero attached hydrogens (tertiary/aromatic N) is 4. The SMILES string of the molecule is O=c1c(-c2ccccc2)c(C(Nc2ncnc3nc[nH]c23)C2CC2)cc2scc(Cl)n12. The second-order valence-corrected chi connectivity index (χ2v) is 8.94. The lowest BCUT2D eigenvalue weighted by Gasteiger charge is -2.22. The zero-order valence-electron chi connectivity index (χ0n) is 16.2. The number of hydrogen-bond acceptors (Lipinski definition) is 6. The predicted octanol–water partition coefficient (Wildman–Crippen LogP) is 4.91. The van der Waals surface area contributed by atoms with Crippen molar-refractivity contribution in [2.24, 2.45) is 5.92 Å². The number of halogens is 1. The molecule has 1 aliphatic carbocycles. The number of imidazole rings is 1. The topological polar surface area (TPSA) is 88.0 Å². The number of aromatic nitrogens is 5. The highest BCUT2D eigenvalue weighted by atomic mass is 35.5. The minimum Gasteiger partial charge on any atom is -0.361 e. The summed E-state index contributed by atoms with van der Waals surface area (Å²) in [5.74, 6) is 1.09. The van der Waals surface area contributed by atoms with E-state index in [0.29, 0.717) is 28.1 Å². The molecule has 31 heavy (non-hydrogen) atoms. The van der Waals surface area contributed by atoms with E-state index in [4.69, 9.17) is 11.6 Å². The van der Waals surface area contributed by atoms with Crippen LogP contribution >= 0.6 is 22.9 Å². The van der Waals surface area contributed by atoms with E-state index in [1.807, 2.05) is 30.3 Å². The van der Waals surface area contributed by atoms with Crippen LogP contribution in [0.15, 0.2) is 59.2 Å². The van der Waals surface area contributed by atoms with E-state index in [9.17, 15) is 4.79 Å². The minimum atomic E-state index is -0.105. The summed E-state index contributed by atoms with van der Waals surface area (Å²) in [7, 11) is 0. The smallest absolute Gasteiger partial charge is 0.265 e. The van der Waals surface area contributed by atoms with Crippen LogP contribution in [0.3, 0.4) is 0 Å². The largest absolute Gasteiger partial charge is 0.361 e. The standard InChI is InChI=1S/C22H17ClN6OS/c23-15-9-31-16-8-14(17(22(30)29(15)16)12-4-2-1-3-5-12)18(13-6-7-13)28-21-19-20(25-10-24-19)26-11-27-21/h1-5,8-11,13,18H,6-7H2,(H2,24,25,26,27,28). The predicted molar refractivity (Wildman–Crippen MR) is 123 cm³/mol. The first-order chi connectivity index (χ1) is 15.2. The summed E-state index contributed by atoms with van der Waals surface area (Å²) < 4.78 is 1.58. The van der Waals surface area contributed by atoms with Gasteiger partial charge in [-0.3, -0.25) is 9.20 Å². The normalized spacial score (nSPS) is 14.9. The Labute approximate surface area is 185 Å². The lowest BCUT2D eigenvalue weighted by molar-refractivity contribution is 0.676. The Kier molecular flexibility index (Phi) is 4.29. The van der Waals surface area contributed by atoms with Crippen molar-refractivity contribution in [3.8, 4) is 11.1 Å². The molecule has 4 aromatic heterocycles. The molecule has 0 amide bonds. The molecule has 1 unspecified atom stereocenters. The fourth-order valence-electron chi connectivity index (χ4n) is 4.10. The van der Waals surface area contributed by atoms with Gasteiger partial charge in [-0.15, -0.1) is 11.3 Å². The first-order valence-electron chi connectivity index (χ1n) is 9.99. The number of nitrogens with one attached hydrogen (secondary N) is 2. The van der Waals surface area contributed by atoms with Crippen LogP contribution in [0.25, 0.3) is 27.1 Å². The van der Waals surface area contributed by atoms with Crippen molar-refractivity contribution in [2.75, 3.05) is 5.32 Å². The van der Waals surface area contributed by atoms with Crippen LogP contribution in [0.2, 0.25) is 5.15 Å². The quantitative estimate of drug-likeness (QED) is 0.399. The molecule has 1 saturated carbocycles. The van der Waals surface area contributed by atoms with Crippen LogP contribution in [0.1, 0.15) is 24.4 Å². The average molecular weight is 449 g/mol. The van der Waals surface area contributed by atoms with Crippen LogP contribution < -0.4 is 10.9 Å². The first kappa shape index (κ1) is 18.5. The summed E-state index contributed by atoms with van der Waals surface area (Å²) in [5.41, 5.74) is 3.76. The van der Waals surface area contributed by atoms with E-state index in [1.54, 1.807) is 16.1 Å². The highest BCUT2D eigenvalue weighted by Gasteiger charge is 2.36. The molecule has 1 fully saturated rings. The van der Waals surface area contributed by atoms with Gasteiger partial charge in [-0.05, 0) is 36.0 Å². The molecule has 0 saturated heterocycles. The molecule has 7 nitrogen and oxygen atoms in total. The number of H-pyrrole nitrogens is 1. The number of thiazole rings is 1. The summed E-state index contributed by atoms with van der Waals surface area (Å²) in [6.07, 6.45) is 5.30. The van der Waals surface area contributed by atoms with Crippen molar-refractivity contribution in [2.45, 2.75) is 18.9 Å². The number of pyridine rings is 1. The van der Waals surface area contributed by atoms with Crippen molar-refractivity contribution in [1.29, 1.82) is 0 Å². The van der Waals surface area contributed by atoms with E-state index in [-0.39, 0.29) is 11.6 Å². The zero-order chi connectivity index (χ0) is 20.9.